The Kier molecular flexibility index (Phi) is 4.04. The zero-order valence-electron chi connectivity index (χ0n) is 10.3. The zero-order valence-corrected chi connectivity index (χ0v) is 10.3. The number of likely N-dealkylation sites (N-methyl/N-ethyl adjacent to an activating group) is 1. The SMILES string of the molecule is CCC1CCCCC1N(CC)C1CNC1. The van der Waals surface area contributed by atoms with E-state index < -0.39 is 0 Å². The van der Waals surface area contributed by atoms with Crippen LogP contribution >= 0.6 is 0 Å². The molecule has 0 spiro atoms. The molecule has 88 valence electrons. The van der Waals surface area contributed by atoms with Crippen molar-refractivity contribution in [3.05, 3.63) is 0 Å². The summed E-state index contributed by atoms with van der Waals surface area (Å²) in [5.74, 6) is 0.972. The quantitative estimate of drug-likeness (QED) is 0.765. The van der Waals surface area contributed by atoms with E-state index in [4.69, 9.17) is 0 Å². The average molecular weight is 210 g/mol. The lowest BCUT2D eigenvalue weighted by atomic mass is 9.81. The summed E-state index contributed by atoms with van der Waals surface area (Å²) in [6.45, 7) is 8.39. The highest BCUT2D eigenvalue weighted by molar-refractivity contribution is 4.91. The molecule has 1 saturated heterocycles. The van der Waals surface area contributed by atoms with Crippen LogP contribution in [-0.4, -0.2) is 36.6 Å². The molecule has 2 atom stereocenters. The molecule has 2 unspecified atom stereocenters. The highest BCUT2D eigenvalue weighted by Gasteiger charge is 2.34. The number of rotatable bonds is 4. The third-order valence-corrected chi connectivity index (χ3v) is 4.41. The van der Waals surface area contributed by atoms with E-state index in [1.807, 2.05) is 0 Å². The van der Waals surface area contributed by atoms with Crippen LogP contribution in [0.4, 0.5) is 0 Å². The number of hydrogen-bond donors (Lipinski definition) is 1. The molecule has 0 radical (unpaired) electrons. The maximum Gasteiger partial charge on any atom is 0.0348 e. The van der Waals surface area contributed by atoms with Gasteiger partial charge >= 0.3 is 0 Å². The molecule has 2 nitrogen and oxygen atoms in total. The van der Waals surface area contributed by atoms with E-state index in [1.54, 1.807) is 0 Å². The van der Waals surface area contributed by atoms with Gasteiger partial charge in [-0.1, -0.05) is 33.1 Å². The van der Waals surface area contributed by atoms with Gasteiger partial charge in [0.15, 0.2) is 0 Å². The van der Waals surface area contributed by atoms with E-state index in [1.165, 1.54) is 51.7 Å². The van der Waals surface area contributed by atoms with E-state index in [0.29, 0.717) is 0 Å². The van der Waals surface area contributed by atoms with Gasteiger partial charge in [-0.05, 0) is 25.3 Å². The Bertz CT molecular complexity index is 189. The molecule has 1 aliphatic heterocycles. The summed E-state index contributed by atoms with van der Waals surface area (Å²) in [6.07, 6.45) is 7.22. The normalized spacial score (nSPS) is 33.0. The Morgan fingerprint density at radius 2 is 1.87 bits per heavy atom. The van der Waals surface area contributed by atoms with Gasteiger partial charge in [0, 0.05) is 25.2 Å². The van der Waals surface area contributed by atoms with Gasteiger partial charge in [-0.2, -0.15) is 0 Å². The smallest absolute Gasteiger partial charge is 0.0348 e. The van der Waals surface area contributed by atoms with Crippen molar-refractivity contribution in [2.24, 2.45) is 5.92 Å². The third kappa shape index (κ3) is 2.36. The molecule has 2 rings (SSSR count). The predicted molar refractivity (Wildman–Crippen MR) is 65.1 cm³/mol. The summed E-state index contributed by atoms with van der Waals surface area (Å²) in [6, 6.07) is 1.73. The Hall–Kier alpha value is -0.0800. The van der Waals surface area contributed by atoms with E-state index in [0.717, 1.165) is 18.0 Å². The van der Waals surface area contributed by atoms with Gasteiger partial charge in [0.1, 0.15) is 0 Å². The van der Waals surface area contributed by atoms with Crippen molar-refractivity contribution in [3.63, 3.8) is 0 Å². The molecule has 0 amide bonds. The van der Waals surface area contributed by atoms with Crippen molar-refractivity contribution in [3.8, 4) is 0 Å². The summed E-state index contributed by atoms with van der Waals surface area (Å²) in [7, 11) is 0. The lowest BCUT2D eigenvalue weighted by molar-refractivity contribution is 0.0433. The van der Waals surface area contributed by atoms with Crippen molar-refractivity contribution < 1.29 is 0 Å². The Balaban J connectivity index is 1.97. The van der Waals surface area contributed by atoms with Crippen LogP contribution in [0, 0.1) is 5.92 Å². The second kappa shape index (κ2) is 5.31. The lowest BCUT2D eigenvalue weighted by Gasteiger charge is -2.47. The van der Waals surface area contributed by atoms with Crippen LogP contribution in [0.1, 0.15) is 46.0 Å². The second-order valence-electron chi connectivity index (χ2n) is 5.16. The summed E-state index contributed by atoms with van der Waals surface area (Å²) in [5, 5.41) is 3.41. The van der Waals surface area contributed by atoms with Gasteiger partial charge < -0.3 is 5.32 Å². The zero-order chi connectivity index (χ0) is 10.7. The third-order valence-electron chi connectivity index (χ3n) is 4.41. The molecule has 2 aliphatic rings. The van der Waals surface area contributed by atoms with E-state index in [-0.39, 0.29) is 0 Å². The minimum absolute atomic E-state index is 0.840. The summed E-state index contributed by atoms with van der Waals surface area (Å²) < 4.78 is 0. The maximum atomic E-state index is 3.41. The van der Waals surface area contributed by atoms with Crippen LogP contribution in [0.3, 0.4) is 0 Å². The molecule has 1 aliphatic carbocycles. The Morgan fingerprint density at radius 1 is 1.13 bits per heavy atom. The van der Waals surface area contributed by atoms with Gasteiger partial charge in [-0.25, -0.2) is 0 Å². The minimum Gasteiger partial charge on any atom is -0.314 e. The molecule has 15 heavy (non-hydrogen) atoms. The second-order valence-corrected chi connectivity index (χ2v) is 5.16. The minimum atomic E-state index is 0.840. The molecule has 2 heteroatoms. The summed E-state index contributed by atoms with van der Waals surface area (Å²) in [5.41, 5.74) is 0. The standard InChI is InChI=1S/C13H26N2/c1-3-11-7-5-6-8-13(11)15(4-2)12-9-14-10-12/h11-14H,3-10H2,1-2H3. The van der Waals surface area contributed by atoms with Crippen molar-refractivity contribution >= 4 is 0 Å². The first-order valence-corrected chi connectivity index (χ1v) is 6.83. The fourth-order valence-corrected chi connectivity index (χ4v) is 3.37. The fourth-order valence-electron chi connectivity index (χ4n) is 3.37. The molecule has 1 saturated carbocycles. The van der Waals surface area contributed by atoms with Gasteiger partial charge in [0.25, 0.3) is 0 Å². The van der Waals surface area contributed by atoms with E-state index in [9.17, 15) is 0 Å². The molecule has 2 fully saturated rings. The first-order chi connectivity index (χ1) is 7.36. The van der Waals surface area contributed by atoms with Crippen LogP contribution < -0.4 is 5.32 Å². The fraction of sp³-hybridized carbons (Fsp3) is 1.00. The molecule has 1 N–H and O–H groups in total. The maximum absolute atomic E-state index is 3.41. The highest BCUT2D eigenvalue weighted by atomic mass is 15.3. The van der Waals surface area contributed by atoms with Crippen molar-refractivity contribution in [2.45, 2.75) is 58.0 Å². The molecule has 1 heterocycles. The summed E-state index contributed by atoms with van der Waals surface area (Å²) >= 11 is 0. The molecule has 0 aromatic carbocycles. The van der Waals surface area contributed by atoms with Crippen molar-refractivity contribution in [1.82, 2.24) is 10.2 Å². The van der Waals surface area contributed by atoms with E-state index >= 15 is 0 Å². The largest absolute Gasteiger partial charge is 0.314 e. The van der Waals surface area contributed by atoms with Gasteiger partial charge in [-0.3, -0.25) is 4.90 Å². The van der Waals surface area contributed by atoms with Gasteiger partial charge in [-0.15, -0.1) is 0 Å². The average Bonchev–Trinajstić information content (AvgIpc) is 2.23. The van der Waals surface area contributed by atoms with Crippen LogP contribution in [0.5, 0.6) is 0 Å². The predicted octanol–water partition coefficient (Wildman–Crippen LogP) is 2.25. The lowest BCUT2D eigenvalue weighted by Crippen LogP contribution is -2.61. The topological polar surface area (TPSA) is 15.3 Å². The number of nitrogens with zero attached hydrogens (tertiary/aromatic N) is 1. The van der Waals surface area contributed by atoms with Crippen molar-refractivity contribution in [1.29, 1.82) is 0 Å². The molecular formula is C13H26N2. The molecular weight excluding hydrogens is 184 g/mol. The van der Waals surface area contributed by atoms with Gasteiger partial charge in [0.2, 0.25) is 0 Å². The van der Waals surface area contributed by atoms with Crippen LogP contribution in [0.15, 0.2) is 0 Å². The number of nitrogens with one attached hydrogen (secondary N) is 1. The molecule has 0 bridgehead atoms. The molecule has 0 aromatic rings. The molecule has 0 aromatic heterocycles. The Morgan fingerprint density at radius 3 is 2.40 bits per heavy atom. The highest BCUT2D eigenvalue weighted by Crippen LogP contribution is 2.32. The van der Waals surface area contributed by atoms with Crippen molar-refractivity contribution in [2.75, 3.05) is 19.6 Å². The Labute approximate surface area is 94.4 Å². The van der Waals surface area contributed by atoms with Crippen LogP contribution in [0.2, 0.25) is 0 Å². The summed E-state index contributed by atoms with van der Waals surface area (Å²) in [4.78, 5) is 2.78. The van der Waals surface area contributed by atoms with Gasteiger partial charge in [0.05, 0.1) is 0 Å². The van der Waals surface area contributed by atoms with Crippen LogP contribution in [0.25, 0.3) is 0 Å². The first kappa shape index (κ1) is 11.4. The number of hydrogen-bond acceptors (Lipinski definition) is 2. The monoisotopic (exact) mass is 210 g/mol. The van der Waals surface area contributed by atoms with E-state index in [2.05, 4.69) is 24.1 Å². The van der Waals surface area contributed by atoms with Crippen LogP contribution in [-0.2, 0) is 0 Å². The first-order valence-electron chi connectivity index (χ1n) is 6.83.